The molecule has 31 heavy (non-hydrogen) atoms. The number of unbranched alkanes of at least 4 members (excludes halogenated alkanes) is 2. The van der Waals surface area contributed by atoms with E-state index in [1.54, 1.807) is 0 Å². The summed E-state index contributed by atoms with van der Waals surface area (Å²) in [4.78, 5) is 9.52. The first kappa shape index (κ1) is 22.9. The highest BCUT2D eigenvalue weighted by molar-refractivity contribution is 6.05. The van der Waals surface area contributed by atoms with E-state index in [1.165, 1.54) is 58.7 Å². The molecule has 2 heteroatoms. The van der Waals surface area contributed by atoms with Crippen LogP contribution in [0.2, 0.25) is 0 Å². The van der Waals surface area contributed by atoms with Crippen LogP contribution in [0.25, 0.3) is 21.8 Å². The van der Waals surface area contributed by atoms with E-state index in [4.69, 9.17) is 9.97 Å². The van der Waals surface area contributed by atoms with Crippen molar-refractivity contribution in [2.75, 3.05) is 0 Å². The maximum absolute atomic E-state index is 4.76. The van der Waals surface area contributed by atoms with Crippen molar-refractivity contribution in [2.45, 2.75) is 73.1 Å². The van der Waals surface area contributed by atoms with Gasteiger partial charge in [-0.3, -0.25) is 9.97 Å². The highest BCUT2D eigenvalue weighted by Crippen LogP contribution is 2.26. The molecule has 2 aromatic carbocycles. The largest absolute Gasteiger partial charge is 0.254 e. The lowest BCUT2D eigenvalue weighted by Gasteiger charge is -2.09. The van der Waals surface area contributed by atoms with Gasteiger partial charge in [-0.05, 0) is 73.9 Å². The number of hydrogen-bond acceptors (Lipinski definition) is 2. The maximum Gasteiger partial charge on any atom is 0.0921 e. The summed E-state index contributed by atoms with van der Waals surface area (Å²) in [6, 6.07) is 18.0. The quantitative estimate of drug-likeness (QED) is 0.227. The number of fused-ring (bicyclic) bond motifs is 3. The summed E-state index contributed by atoms with van der Waals surface area (Å²) < 4.78 is 0. The van der Waals surface area contributed by atoms with E-state index in [2.05, 4.69) is 69.3 Å². The molecular formula is C29H36N2. The second-order valence-corrected chi connectivity index (χ2v) is 8.23. The molecule has 0 saturated carbocycles. The number of aromatic nitrogens is 2. The molecule has 0 saturated heterocycles. The number of pyridine rings is 2. The Morgan fingerprint density at radius 3 is 2.10 bits per heavy atom. The van der Waals surface area contributed by atoms with Crippen molar-refractivity contribution in [2.24, 2.45) is 0 Å². The first-order valence-corrected chi connectivity index (χ1v) is 11.9. The van der Waals surface area contributed by atoms with E-state index in [9.17, 15) is 0 Å². The van der Waals surface area contributed by atoms with Gasteiger partial charge in [-0.15, -0.1) is 0 Å². The van der Waals surface area contributed by atoms with Crippen LogP contribution in [0.3, 0.4) is 0 Å². The van der Waals surface area contributed by atoms with Gasteiger partial charge in [-0.25, -0.2) is 0 Å². The van der Waals surface area contributed by atoms with Crippen LogP contribution in [-0.2, 0) is 19.3 Å². The number of benzene rings is 2. The Kier molecular flexibility index (Phi) is 8.17. The molecule has 4 aromatic rings. The molecule has 0 unspecified atom stereocenters. The molecule has 0 aliphatic rings. The molecule has 0 atom stereocenters. The number of rotatable bonds is 7. The Hall–Kier alpha value is -2.74. The van der Waals surface area contributed by atoms with Gasteiger partial charge in [0.15, 0.2) is 0 Å². The Morgan fingerprint density at radius 2 is 1.39 bits per heavy atom. The van der Waals surface area contributed by atoms with Crippen molar-refractivity contribution in [1.82, 2.24) is 9.97 Å². The van der Waals surface area contributed by atoms with Crippen LogP contribution in [0.15, 0.2) is 54.7 Å². The van der Waals surface area contributed by atoms with Gasteiger partial charge in [0.1, 0.15) is 0 Å². The van der Waals surface area contributed by atoms with E-state index < -0.39 is 0 Å². The average Bonchev–Trinajstić information content (AvgIpc) is 2.80. The molecule has 0 aliphatic carbocycles. The first-order chi connectivity index (χ1) is 15.1. The lowest BCUT2D eigenvalue weighted by Crippen LogP contribution is -1.96. The van der Waals surface area contributed by atoms with E-state index in [0.29, 0.717) is 0 Å². The molecule has 0 spiro atoms. The van der Waals surface area contributed by atoms with Crippen molar-refractivity contribution in [3.05, 3.63) is 82.7 Å². The topological polar surface area (TPSA) is 25.8 Å². The third-order valence-corrected chi connectivity index (χ3v) is 5.81. The molecule has 162 valence electrons. The van der Waals surface area contributed by atoms with Crippen LogP contribution in [0.1, 0.15) is 68.0 Å². The predicted molar refractivity (Wildman–Crippen MR) is 135 cm³/mol. The average molecular weight is 413 g/mol. The van der Waals surface area contributed by atoms with E-state index in [1.807, 2.05) is 20.0 Å². The molecule has 4 rings (SSSR count). The molecule has 2 nitrogen and oxygen atoms in total. The van der Waals surface area contributed by atoms with Gasteiger partial charge < -0.3 is 0 Å². The Morgan fingerprint density at radius 1 is 0.710 bits per heavy atom. The van der Waals surface area contributed by atoms with E-state index >= 15 is 0 Å². The number of hydrogen-bond donors (Lipinski definition) is 0. The van der Waals surface area contributed by atoms with Crippen LogP contribution in [0, 0.1) is 13.8 Å². The van der Waals surface area contributed by atoms with Crippen LogP contribution >= 0.6 is 0 Å². The zero-order valence-electron chi connectivity index (χ0n) is 19.8. The fourth-order valence-electron chi connectivity index (χ4n) is 4.07. The zero-order chi connectivity index (χ0) is 22.2. The lowest BCUT2D eigenvalue weighted by molar-refractivity contribution is 0.717. The Labute approximate surface area is 187 Å². The summed E-state index contributed by atoms with van der Waals surface area (Å²) in [6.45, 7) is 10.4. The van der Waals surface area contributed by atoms with Crippen molar-refractivity contribution >= 4 is 21.8 Å². The van der Waals surface area contributed by atoms with E-state index in [0.717, 1.165) is 29.6 Å². The molecule has 2 aromatic heterocycles. The molecule has 0 fully saturated rings. The van der Waals surface area contributed by atoms with E-state index in [-0.39, 0.29) is 0 Å². The van der Waals surface area contributed by atoms with Gasteiger partial charge in [0, 0.05) is 17.0 Å². The third kappa shape index (κ3) is 5.70. The molecular weight excluding hydrogens is 376 g/mol. The second kappa shape index (κ2) is 11.0. The zero-order valence-corrected chi connectivity index (χ0v) is 19.8. The van der Waals surface area contributed by atoms with Gasteiger partial charge in [0.05, 0.1) is 16.7 Å². The minimum absolute atomic E-state index is 1.00. The normalized spacial score (nSPS) is 10.9. The fourth-order valence-corrected chi connectivity index (χ4v) is 4.07. The molecule has 2 heterocycles. The SMILES string of the molecule is CC.CCCCCc1ccc(CCc2cnc3c(C)nc4cc(C)ccc4c3c2)cc1. The molecule has 0 N–H and O–H groups in total. The van der Waals surface area contributed by atoms with Crippen molar-refractivity contribution < 1.29 is 0 Å². The summed E-state index contributed by atoms with van der Waals surface area (Å²) in [6.07, 6.45) is 9.16. The third-order valence-electron chi connectivity index (χ3n) is 5.81. The minimum atomic E-state index is 1.00. The monoisotopic (exact) mass is 412 g/mol. The molecule has 0 radical (unpaired) electrons. The van der Waals surface area contributed by atoms with Crippen LogP contribution in [0.4, 0.5) is 0 Å². The van der Waals surface area contributed by atoms with Crippen LogP contribution < -0.4 is 0 Å². The summed E-state index contributed by atoms with van der Waals surface area (Å²) >= 11 is 0. The predicted octanol–water partition coefficient (Wildman–Crippen LogP) is 7.94. The molecule has 0 aliphatic heterocycles. The lowest BCUT2D eigenvalue weighted by atomic mass is 10.00. The molecule has 0 amide bonds. The van der Waals surface area contributed by atoms with Crippen molar-refractivity contribution in [1.29, 1.82) is 0 Å². The Bertz CT molecular complexity index is 1130. The minimum Gasteiger partial charge on any atom is -0.254 e. The first-order valence-electron chi connectivity index (χ1n) is 11.9. The van der Waals surface area contributed by atoms with Crippen molar-refractivity contribution in [3.8, 4) is 0 Å². The highest BCUT2D eigenvalue weighted by atomic mass is 14.8. The van der Waals surface area contributed by atoms with Gasteiger partial charge in [-0.2, -0.15) is 0 Å². The van der Waals surface area contributed by atoms with Gasteiger partial charge in [0.25, 0.3) is 0 Å². The van der Waals surface area contributed by atoms with Crippen molar-refractivity contribution in [3.63, 3.8) is 0 Å². The smallest absolute Gasteiger partial charge is 0.0921 e. The van der Waals surface area contributed by atoms with Gasteiger partial charge in [0.2, 0.25) is 0 Å². The fraction of sp³-hybridized carbons (Fsp3) is 0.379. The summed E-state index contributed by atoms with van der Waals surface area (Å²) in [5, 5.41) is 2.42. The summed E-state index contributed by atoms with van der Waals surface area (Å²) in [5.41, 5.74) is 8.47. The van der Waals surface area contributed by atoms with Crippen LogP contribution in [-0.4, -0.2) is 9.97 Å². The summed E-state index contributed by atoms with van der Waals surface area (Å²) in [7, 11) is 0. The standard InChI is InChI=1S/C27H30N2.C2H6/c1-4-5-6-7-21-9-11-22(12-10-21)13-14-23-17-25-24-15-8-19(2)16-26(24)29-20(3)27(25)28-18-23;1-2/h8-12,15-18H,4-7,13-14H2,1-3H3;1-2H3. The van der Waals surface area contributed by atoms with Gasteiger partial charge in [-0.1, -0.05) is 70.0 Å². The van der Waals surface area contributed by atoms with Gasteiger partial charge >= 0.3 is 0 Å². The highest BCUT2D eigenvalue weighted by Gasteiger charge is 2.08. The maximum atomic E-state index is 4.76. The summed E-state index contributed by atoms with van der Waals surface area (Å²) in [5.74, 6) is 0. The number of aryl methyl sites for hydroxylation is 5. The molecule has 0 bridgehead atoms. The second-order valence-electron chi connectivity index (χ2n) is 8.23. The van der Waals surface area contributed by atoms with Crippen LogP contribution in [0.5, 0.6) is 0 Å². The number of nitrogens with zero attached hydrogens (tertiary/aromatic N) is 2. The Balaban J connectivity index is 0.00000132.